The maximum atomic E-state index is 14.4. The van der Waals surface area contributed by atoms with Gasteiger partial charge in [0, 0.05) is 37.5 Å². The van der Waals surface area contributed by atoms with Gasteiger partial charge in [0.15, 0.2) is 0 Å². The van der Waals surface area contributed by atoms with E-state index in [-0.39, 0.29) is 48.2 Å². The summed E-state index contributed by atoms with van der Waals surface area (Å²) < 4.78 is 29.7. The molecule has 3 aromatic rings. The van der Waals surface area contributed by atoms with Gasteiger partial charge in [-0.15, -0.1) is 11.3 Å². The van der Waals surface area contributed by atoms with Gasteiger partial charge in [-0.1, -0.05) is 94.6 Å². The SMILES string of the molecule is CCC(C)C(C(=O)N[C@@H](Cc1ccccc1)[C@H](O)CN(CC1CCCC1)S(=O)(=O)c1ccc(/C=N/O)cc1)N1CCN(Cc2csc(C(C)C)n2)C1=O. The highest BCUT2D eigenvalue weighted by Gasteiger charge is 2.41. The summed E-state index contributed by atoms with van der Waals surface area (Å²) in [5.41, 5.74) is 2.24. The lowest BCUT2D eigenvalue weighted by atomic mass is 9.95. The Morgan fingerprint density at radius 3 is 2.42 bits per heavy atom. The highest BCUT2D eigenvalue weighted by Crippen LogP contribution is 2.29. The van der Waals surface area contributed by atoms with E-state index in [4.69, 9.17) is 10.2 Å². The first-order chi connectivity index (χ1) is 25.4. The highest BCUT2D eigenvalue weighted by atomic mass is 32.2. The molecule has 0 bridgehead atoms. The molecule has 2 aromatic carbocycles. The predicted molar refractivity (Wildman–Crippen MR) is 207 cm³/mol. The van der Waals surface area contributed by atoms with Crippen LogP contribution in [0, 0.1) is 11.8 Å². The third-order valence-corrected chi connectivity index (χ3v) is 13.5. The fraction of sp³-hybridized carbons (Fsp3) is 0.538. The molecule has 14 heteroatoms. The van der Waals surface area contributed by atoms with Gasteiger partial charge in [-0.25, -0.2) is 18.2 Å². The van der Waals surface area contributed by atoms with Gasteiger partial charge in [0.2, 0.25) is 15.9 Å². The molecule has 1 saturated heterocycles. The lowest BCUT2D eigenvalue weighted by Crippen LogP contribution is -2.57. The summed E-state index contributed by atoms with van der Waals surface area (Å²) in [6.07, 6.45) is 4.71. The molecule has 3 N–H and O–H groups in total. The molecule has 2 heterocycles. The molecule has 4 atom stereocenters. The second-order valence-corrected chi connectivity index (χ2v) is 17.5. The zero-order chi connectivity index (χ0) is 38.1. The molecule has 12 nitrogen and oxygen atoms in total. The molecule has 53 heavy (non-hydrogen) atoms. The Morgan fingerprint density at radius 2 is 1.79 bits per heavy atom. The van der Waals surface area contributed by atoms with Gasteiger partial charge in [-0.2, -0.15) is 4.31 Å². The maximum absolute atomic E-state index is 14.4. The van der Waals surface area contributed by atoms with Crippen LogP contribution in [0.3, 0.4) is 0 Å². The summed E-state index contributed by atoms with van der Waals surface area (Å²) in [5.74, 6) is -0.110. The molecular formula is C39H54N6O6S2. The summed E-state index contributed by atoms with van der Waals surface area (Å²) in [6.45, 7) is 9.34. The minimum absolute atomic E-state index is 0.0634. The number of aromatic nitrogens is 1. The second kappa shape index (κ2) is 18.5. The lowest BCUT2D eigenvalue weighted by Gasteiger charge is -2.35. The van der Waals surface area contributed by atoms with E-state index in [0.717, 1.165) is 41.9 Å². The predicted octanol–water partition coefficient (Wildman–Crippen LogP) is 5.70. The number of oxime groups is 1. The number of carbonyl (C=O) groups excluding carboxylic acids is 2. The molecule has 2 aliphatic rings. The Kier molecular flexibility index (Phi) is 14.0. The van der Waals surface area contributed by atoms with Crippen molar-refractivity contribution < 1.29 is 28.3 Å². The smallest absolute Gasteiger partial charge is 0.321 e. The van der Waals surface area contributed by atoms with Crippen molar-refractivity contribution in [1.82, 2.24) is 24.4 Å². The molecule has 3 amide bonds. The van der Waals surface area contributed by atoms with Crippen LogP contribution in [0.15, 0.2) is 70.0 Å². The van der Waals surface area contributed by atoms with Crippen molar-refractivity contribution in [3.8, 4) is 0 Å². The average Bonchev–Trinajstić information content (AvgIpc) is 3.92. The summed E-state index contributed by atoms with van der Waals surface area (Å²) in [6, 6.07) is 13.7. The van der Waals surface area contributed by atoms with Crippen molar-refractivity contribution in [1.29, 1.82) is 0 Å². The number of aliphatic hydroxyl groups is 1. The van der Waals surface area contributed by atoms with Gasteiger partial charge >= 0.3 is 6.03 Å². The van der Waals surface area contributed by atoms with Crippen LogP contribution < -0.4 is 5.32 Å². The number of rotatable bonds is 18. The number of thiazole rings is 1. The molecule has 0 spiro atoms. The van der Waals surface area contributed by atoms with Gasteiger partial charge in [0.1, 0.15) is 6.04 Å². The highest BCUT2D eigenvalue weighted by molar-refractivity contribution is 7.89. The minimum atomic E-state index is -4.05. The van der Waals surface area contributed by atoms with Crippen LogP contribution in [0.4, 0.5) is 4.79 Å². The Hall–Kier alpha value is -3.85. The number of amides is 3. The van der Waals surface area contributed by atoms with Crippen LogP contribution in [0.5, 0.6) is 0 Å². The Labute approximate surface area is 318 Å². The van der Waals surface area contributed by atoms with Crippen molar-refractivity contribution in [3.63, 3.8) is 0 Å². The molecule has 1 aliphatic heterocycles. The van der Waals surface area contributed by atoms with Crippen LogP contribution in [-0.2, 0) is 27.8 Å². The Bertz CT molecular complexity index is 1780. The quantitative estimate of drug-likeness (QED) is 0.0853. The topological polar surface area (TPSA) is 156 Å². The largest absolute Gasteiger partial charge is 0.411 e. The number of hydrogen-bond acceptors (Lipinski definition) is 9. The van der Waals surface area contributed by atoms with E-state index >= 15 is 0 Å². The molecule has 0 radical (unpaired) electrons. The first-order valence-electron chi connectivity index (χ1n) is 18.7. The number of benzene rings is 2. The van der Waals surface area contributed by atoms with Crippen molar-refractivity contribution in [2.75, 3.05) is 26.2 Å². The third-order valence-electron chi connectivity index (χ3n) is 10.5. The van der Waals surface area contributed by atoms with Gasteiger partial charge in [-0.3, -0.25) is 4.79 Å². The molecule has 5 rings (SSSR count). The van der Waals surface area contributed by atoms with Crippen molar-refractivity contribution in [2.45, 2.75) is 102 Å². The second-order valence-electron chi connectivity index (χ2n) is 14.7. The Morgan fingerprint density at radius 1 is 1.09 bits per heavy atom. The van der Waals surface area contributed by atoms with E-state index in [1.807, 2.05) is 49.6 Å². The zero-order valence-electron chi connectivity index (χ0n) is 31.2. The first kappa shape index (κ1) is 40.3. The van der Waals surface area contributed by atoms with E-state index in [9.17, 15) is 23.1 Å². The number of carbonyl (C=O) groups is 2. The average molecular weight is 767 g/mol. The van der Waals surface area contributed by atoms with Crippen molar-refractivity contribution in [2.24, 2.45) is 17.0 Å². The van der Waals surface area contributed by atoms with E-state index < -0.39 is 28.2 Å². The Balaban J connectivity index is 1.38. The van der Waals surface area contributed by atoms with E-state index in [1.165, 1.54) is 22.7 Å². The lowest BCUT2D eigenvalue weighted by molar-refractivity contribution is -0.128. The molecule has 1 aromatic heterocycles. The molecule has 288 valence electrons. The summed E-state index contributed by atoms with van der Waals surface area (Å²) in [5, 5.41) is 30.0. The zero-order valence-corrected chi connectivity index (χ0v) is 32.8. The van der Waals surface area contributed by atoms with Gasteiger partial charge in [0.05, 0.1) is 40.5 Å². The number of nitrogens with one attached hydrogen (secondary N) is 1. The van der Waals surface area contributed by atoms with Crippen LogP contribution in [0.1, 0.15) is 87.5 Å². The van der Waals surface area contributed by atoms with Crippen LogP contribution in [0.25, 0.3) is 0 Å². The summed E-state index contributed by atoms with van der Waals surface area (Å²) in [4.78, 5) is 36.4. The van der Waals surface area contributed by atoms with Gasteiger partial charge in [0.25, 0.3) is 0 Å². The normalized spacial score (nSPS) is 18.0. The van der Waals surface area contributed by atoms with E-state index in [1.54, 1.807) is 33.3 Å². The van der Waals surface area contributed by atoms with Crippen LogP contribution in [0.2, 0.25) is 0 Å². The summed E-state index contributed by atoms with van der Waals surface area (Å²) in [7, 11) is -4.05. The fourth-order valence-corrected chi connectivity index (χ4v) is 9.60. The fourth-order valence-electron chi connectivity index (χ4n) is 7.24. The monoisotopic (exact) mass is 766 g/mol. The number of aliphatic hydroxyl groups excluding tert-OH is 1. The van der Waals surface area contributed by atoms with Crippen LogP contribution >= 0.6 is 11.3 Å². The molecule has 1 aliphatic carbocycles. The van der Waals surface area contributed by atoms with Gasteiger partial charge < -0.3 is 25.4 Å². The number of hydrogen-bond donors (Lipinski definition) is 3. The number of sulfonamides is 1. The molecule has 1 saturated carbocycles. The minimum Gasteiger partial charge on any atom is -0.411 e. The van der Waals surface area contributed by atoms with E-state index in [2.05, 4.69) is 24.3 Å². The summed E-state index contributed by atoms with van der Waals surface area (Å²) >= 11 is 1.58. The number of nitrogens with zero attached hydrogens (tertiary/aromatic N) is 5. The molecule has 2 fully saturated rings. The van der Waals surface area contributed by atoms with E-state index in [0.29, 0.717) is 37.5 Å². The third kappa shape index (κ3) is 10.2. The number of urea groups is 1. The van der Waals surface area contributed by atoms with Gasteiger partial charge in [-0.05, 0) is 54.4 Å². The van der Waals surface area contributed by atoms with Crippen molar-refractivity contribution in [3.05, 3.63) is 81.8 Å². The van der Waals surface area contributed by atoms with Crippen LogP contribution in [-0.4, -0.2) is 100 Å². The first-order valence-corrected chi connectivity index (χ1v) is 21.0. The van der Waals surface area contributed by atoms with Crippen molar-refractivity contribution >= 4 is 39.5 Å². The maximum Gasteiger partial charge on any atom is 0.321 e. The standard InChI is InChI=1S/C39H54N6O6S2/c1-5-28(4)36(45-20-19-43(39(45)48)24-32-26-52-38(41-32)27(2)3)37(47)42-34(21-29-11-7-6-8-12-29)35(46)25-44(23-31-13-9-10-14-31)53(50,51)33-17-15-30(16-18-33)22-40-49/h6-8,11-12,15-18,22,26-28,31,34-36,46,49H,5,9-10,13-14,19-21,23-25H2,1-4H3,(H,42,47)/b40-22+/t28?,34-,35+,36?/m0/s1. The molecular weight excluding hydrogens is 713 g/mol. The molecule has 2 unspecified atom stereocenters.